The second-order valence-corrected chi connectivity index (χ2v) is 11.6. The van der Waals surface area contributed by atoms with Crippen LogP contribution in [-0.2, 0) is 28.6 Å². The number of esters is 2. The monoisotopic (exact) mass is 617 g/mol. The normalized spacial score (nSPS) is 13.9. The molecule has 0 aromatic carbocycles. The molecule has 0 N–H and O–H groups in total. The topological polar surface area (TPSA) is 102 Å². The maximum atomic E-state index is 12.5. The van der Waals surface area contributed by atoms with Gasteiger partial charge in [0.05, 0.1) is 40.3 Å². The molecule has 44 heavy (non-hydrogen) atoms. The van der Waals surface area contributed by atoms with Crippen LogP contribution in [-0.4, -0.2) is 75.5 Å². The summed E-state index contributed by atoms with van der Waals surface area (Å²) >= 11 is 0. The molecule has 8 nitrogen and oxygen atoms in total. The summed E-state index contributed by atoms with van der Waals surface area (Å²) in [5.41, 5.74) is 0. The lowest BCUT2D eigenvalue weighted by Crippen LogP contribution is -2.55. The number of ether oxygens (including phenoxy) is 3. The first-order chi connectivity index (χ1) is 21.1. The highest BCUT2D eigenvalue weighted by Crippen LogP contribution is 2.10. The number of carboxylic acid groups (broad SMARTS) is 1. The van der Waals surface area contributed by atoms with Crippen molar-refractivity contribution in [3.8, 4) is 0 Å². The lowest BCUT2D eigenvalue weighted by atomic mass is 10.1. The largest absolute Gasteiger partial charge is 0.544 e. The molecule has 250 valence electrons. The van der Waals surface area contributed by atoms with E-state index in [1.807, 2.05) is 0 Å². The smallest absolute Gasteiger partial charge is 0.306 e. The molecule has 2 atom stereocenters. The van der Waals surface area contributed by atoms with Crippen molar-refractivity contribution < 1.29 is 38.2 Å². The summed E-state index contributed by atoms with van der Waals surface area (Å²) in [5, 5.41) is 11.5. The predicted octanol–water partition coefficient (Wildman–Crippen LogP) is 6.17. The Balaban J connectivity index is 4.65. The highest BCUT2D eigenvalue weighted by atomic mass is 16.6. The van der Waals surface area contributed by atoms with Gasteiger partial charge >= 0.3 is 11.9 Å². The van der Waals surface area contributed by atoms with Crippen LogP contribution in [0.1, 0.15) is 97.3 Å². The molecule has 0 bridgehead atoms. The first-order valence-electron chi connectivity index (χ1n) is 16.3. The number of unbranched alkanes of at least 4 members (excludes halogenated alkanes) is 3. The number of likely N-dealkylation sites (N-methyl/N-ethyl adjacent to an activating group) is 1. The number of hydrogen-bond acceptors (Lipinski definition) is 7. The number of hydrogen-bond donors (Lipinski definition) is 0. The van der Waals surface area contributed by atoms with E-state index < -0.39 is 18.1 Å². The van der Waals surface area contributed by atoms with E-state index in [1.165, 1.54) is 0 Å². The molecule has 8 heteroatoms. The maximum Gasteiger partial charge on any atom is 0.306 e. The van der Waals surface area contributed by atoms with Crippen molar-refractivity contribution in [1.82, 2.24) is 0 Å². The third kappa shape index (κ3) is 25.5. The number of rotatable bonds is 27. The summed E-state index contributed by atoms with van der Waals surface area (Å²) in [6, 6.07) is -0.738. The number of carbonyl (C=O) groups excluding carboxylic acids is 3. The molecule has 0 aliphatic heterocycles. The first-order valence-corrected chi connectivity index (χ1v) is 16.3. The number of aliphatic carboxylic acids is 1. The van der Waals surface area contributed by atoms with Crippen LogP contribution in [0.4, 0.5) is 0 Å². The van der Waals surface area contributed by atoms with Gasteiger partial charge in [-0.2, -0.15) is 0 Å². The summed E-state index contributed by atoms with van der Waals surface area (Å²) < 4.78 is 16.9. The zero-order valence-electron chi connectivity index (χ0n) is 28.0. The minimum Gasteiger partial charge on any atom is -0.544 e. The van der Waals surface area contributed by atoms with Gasteiger partial charge in [-0.1, -0.05) is 74.6 Å². The third-order valence-corrected chi connectivity index (χ3v) is 6.65. The molecule has 0 aromatic heterocycles. The molecule has 2 unspecified atom stereocenters. The van der Waals surface area contributed by atoms with Gasteiger partial charge in [0.15, 0.2) is 6.10 Å². The summed E-state index contributed by atoms with van der Waals surface area (Å²) in [4.78, 5) is 36.3. The SMILES string of the molecule is CC/C=C/C/C=C/C/C=C/CCCC(=O)OC(COCCC(C(=O)[O-])[N+](C)(C)C)COC(=O)CCCC/C=C/C/C=C/CC. The standard InChI is InChI=1S/C36H59NO7/c1-6-8-10-12-14-16-17-19-21-23-25-27-35(39)44-32(30-42-29-28-33(36(40)41)37(3,4)5)31-43-34(38)26-24-22-20-18-15-13-11-9-7-2/h8-11,14-16,18-19,21,32-33H,6-7,12-13,17,20,22-31H2,1-5H3/b10-8+,11-9+,16-14+,18-15+,21-19+. The maximum absolute atomic E-state index is 12.5. The molecular weight excluding hydrogens is 558 g/mol. The minimum absolute atomic E-state index is 0.00683. The van der Waals surface area contributed by atoms with Crippen LogP contribution in [0.2, 0.25) is 0 Å². The Morgan fingerprint density at radius 1 is 0.682 bits per heavy atom. The molecule has 0 amide bonds. The summed E-state index contributed by atoms with van der Waals surface area (Å²) in [6.07, 6.45) is 29.9. The fourth-order valence-electron chi connectivity index (χ4n) is 4.13. The number of carboxylic acids is 1. The summed E-state index contributed by atoms with van der Waals surface area (Å²) in [7, 11) is 5.34. The van der Waals surface area contributed by atoms with Gasteiger partial charge < -0.3 is 28.6 Å². The van der Waals surface area contributed by atoms with Gasteiger partial charge in [-0.15, -0.1) is 0 Å². The molecule has 0 fully saturated rings. The lowest BCUT2D eigenvalue weighted by Gasteiger charge is -2.34. The van der Waals surface area contributed by atoms with Gasteiger partial charge in [0.2, 0.25) is 0 Å². The van der Waals surface area contributed by atoms with Crippen molar-refractivity contribution in [3.05, 3.63) is 60.8 Å². The third-order valence-electron chi connectivity index (χ3n) is 6.65. The molecule has 0 aliphatic rings. The van der Waals surface area contributed by atoms with Crippen LogP contribution >= 0.6 is 0 Å². The van der Waals surface area contributed by atoms with Crippen molar-refractivity contribution in [1.29, 1.82) is 0 Å². The number of carbonyl (C=O) groups is 3. The van der Waals surface area contributed by atoms with Crippen molar-refractivity contribution in [3.63, 3.8) is 0 Å². The average Bonchev–Trinajstić information content (AvgIpc) is 2.96. The van der Waals surface area contributed by atoms with E-state index in [2.05, 4.69) is 74.6 Å². The number of quaternary nitrogens is 1. The molecule has 0 radical (unpaired) electrons. The predicted molar refractivity (Wildman–Crippen MR) is 176 cm³/mol. The Hall–Kier alpha value is -2.97. The summed E-state index contributed by atoms with van der Waals surface area (Å²) in [6.45, 7) is 4.27. The van der Waals surface area contributed by atoms with E-state index in [0.717, 1.165) is 51.4 Å². The van der Waals surface area contributed by atoms with Gasteiger partial charge in [0.1, 0.15) is 12.6 Å². The Morgan fingerprint density at radius 2 is 1.20 bits per heavy atom. The summed E-state index contributed by atoms with van der Waals surface area (Å²) in [5.74, 6) is -1.87. The van der Waals surface area contributed by atoms with Gasteiger partial charge in [0, 0.05) is 19.3 Å². The highest BCUT2D eigenvalue weighted by molar-refractivity contribution is 5.70. The fraction of sp³-hybridized carbons (Fsp3) is 0.639. The Kier molecular flexibility index (Phi) is 25.7. The molecule has 0 heterocycles. The van der Waals surface area contributed by atoms with Gasteiger partial charge in [-0.05, 0) is 64.2 Å². The number of allylic oxidation sites excluding steroid dienone is 10. The highest BCUT2D eigenvalue weighted by Gasteiger charge is 2.25. The molecule has 0 spiro atoms. The Bertz CT molecular complexity index is 912. The molecule has 0 saturated heterocycles. The second-order valence-electron chi connectivity index (χ2n) is 11.6. The molecule has 0 saturated carbocycles. The van der Waals surface area contributed by atoms with Crippen LogP contribution < -0.4 is 5.11 Å². The van der Waals surface area contributed by atoms with Gasteiger partial charge in [0.25, 0.3) is 0 Å². The molecule has 0 aromatic rings. The minimum atomic E-state index is -1.14. The van der Waals surface area contributed by atoms with E-state index in [-0.39, 0.29) is 49.1 Å². The van der Waals surface area contributed by atoms with E-state index in [9.17, 15) is 19.5 Å². The molecule has 0 rings (SSSR count). The van der Waals surface area contributed by atoms with E-state index in [1.54, 1.807) is 21.1 Å². The van der Waals surface area contributed by atoms with Crippen molar-refractivity contribution in [2.45, 2.75) is 109 Å². The zero-order valence-corrected chi connectivity index (χ0v) is 28.0. The van der Waals surface area contributed by atoms with E-state index in [4.69, 9.17) is 14.2 Å². The Labute approximate surface area is 267 Å². The van der Waals surface area contributed by atoms with Crippen LogP contribution in [0.25, 0.3) is 0 Å². The van der Waals surface area contributed by atoms with Crippen LogP contribution in [0.3, 0.4) is 0 Å². The van der Waals surface area contributed by atoms with Crippen LogP contribution in [0, 0.1) is 0 Å². The zero-order chi connectivity index (χ0) is 32.9. The van der Waals surface area contributed by atoms with Gasteiger partial charge in [-0.25, -0.2) is 0 Å². The average molecular weight is 618 g/mol. The Morgan fingerprint density at radius 3 is 1.75 bits per heavy atom. The van der Waals surface area contributed by atoms with E-state index in [0.29, 0.717) is 19.3 Å². The van der Waals surface area contributed by atoms with Crippen LogP contribution in [0.15, 0.2) is 60.8 Å². The number of nitrogens with zero attached hydrogens (tertiary/aromatic N) is 1. The second kappa shape index (κ2) is 27.6. The quantitative estimate of drug-likeness (QED) is 0.0470. The first kappa shape index (κ1) is 41.0. The molecular formula is C36H59NO7. The van der Waals surface area contributed by atoms with Gasteiger partial charge in [-0.3, -0.25) is 9.59 Å². The molecule has 0 aliphatic carbocycles. The van der Waals surface area contributed by atoms with Crippen LogP contribution in [0.5, 0.6) is 0 Å². The van der Waals surface area contributed by atoms with E-state index >= 15 is 0 Å². The fourth-order valence-corrected chi connectivity index (χ4v) is 4.13. The van der Waals surface area contributed by atoms with Crippen molar-refractivity contribution >= 4 is 17.9 Å². The van der Waals surface area contributed by atoms with Crippen molar-refractivity contribution in [2.24, 2.45) is 0 Å². The lowest BCUT2D eigenvalue weighted by molar-refractivity contribution is -0.889. The van der Waals surface area contributed by atoms with Crippen molar-refractivity contribution in [2.75, 3.05) is 41.0 Å².